The number of ether oxygens (including phenoxy) is 1. The molecule has 1 fully saturated rings. The molecule has 0 spiro atoms. The zero-order valence-corrected chi connectivity index (χ0v) is 20.5. The summed E-state index contributed by atoms with van der Waals surface area (Å²) in [4.78, 5) is 3.10. The molecular weight excluding hydrogens is 467 g/mol. The van der Waals surface area contributed by atoms with E-state index in [0.717, 1.165) is 10.9 Å². The van der Waals surface area contributed by atoms with Gasteiger partial charge in [-0.05, 0) is 17.5 Å². The Kier molecular flexibility index (Phi) is 9.75. The van der Waals surface area contributed by atoms with E-state index < -0.39 is 46.9 Å². The Hall–Kier alpha value is -0.0736. The average Bonchev–Trinajstić information content (AvgIpc) is 3.08. The molecule has 0 saturated carbocycles. The van der Waals surface area contributed by atoms with Gasteiger partial charge in [-0.2, -0.15) is 8.42 Å². The monoisotopic (exact) mass is 486 g/mol. The molecule has 1 aliphatic rings. The Morgan fingerprint density at radius 2 is 1.93 bits per heavy atom. The number of hydrogen-bond acceptors (Lipinski definition) is 11. The molecule has 30 heavy (non-hydrogen) atoms. The average molecular weight is 487 g/mol. The molecule has 1 aromatic carbocycles. The Morgan fingerprint density at radius 3 is 2.57 bits per heavy atom. The van der Waals surface area contributed by atoms with Crippen molar-refractivity contribution >= 4 is 38.1 Å². The minimum Gasteiger partial charge on any atom is -0.714 e. The number of para-hydroxylation sites is 1. The summed E-state index contributed by atoms with van der Waals surface area (Å²) in [6.45, 7) is -0.623. The summed E-state index contributed by atoms with van der Waals surface area (Å²) in [5.41, 5.74) is 0.206. The second kappa shape index (κ2) is 11.2. The van der Waals surface area contributed by atoms with Gasteiger partial charge in [-0.1, -0.05) is 35.1 Å². The number of nitrogens with one attached hydrogen (secondary N) is 1. The number of aromatic nitrogens is 1. The van der Waals surface area contributed by atoms with Crippen LogP contribution < -0.4 is 51.4 Å². The van der Waals surface area contributed by atoms with Crippen molar-refractivity contribution in [3.8, 4) is 0 Å². The van der Waals surface area contributed by atoms with Crippen molar-refractivity contribution < 1.29 is 93.8 Å². The first-order chi connectivity index (χ1) is 13.7. The Labute approximate surface area is 218 Å². The number of hydrogen-bond donors (Lipinski definition) is 5. The quantitative estimate of drug-likeness (QED) is 0.0674. The van der Waals surface area contributed by atoms with Crippen LogP contribution in [0.25, 0.3) is 10.9 Å². The van der Waals surface area contributed by atoms with Crippen LogP contribution in [0.4, 0.5) is 0 Å². The van der Waals surface area contributed by atoms with Gasteiger partial charge in [0.15, 0.2) is 0 Å². The van der Waals surface area contributed by atoms with E-state index in [1.165, 1.54) is 0 Å². The number of fused-ring (bicyclic) bond motifs is 1. The van der Waals surface area contributed by atoms with Crippen LogP contribution >= 0.6 is 11.8 Å². The normalized spacial score (nSPS) is 27.6. The summed E-state index contributed by atoms with van der Waals surface area (Å²) in [5, 5.41) is 43.4. The number of nitrogens with zero attached hydrogens (tertiary/aromatic N) is 1. The van der Waals surface area contributed by atoms with Crippen LogP contribution in [0.1, 0.15) is 5.69 Å². The molecule has 160 valence electrons. The summed E-state index contributed by atoms with van der Waals surface area (Å²) in [6, 6.07) is 9.14. The third-order valence-electron chi connectivity index (χ3n) is 4.26. The van der Waals surface area contributed by atoms with Gasteiger partial charge < -0.3 is 34.7 Å². The maximum absolute atomic E-state index is 10.8. The SMILES string of the molecule is O=S(=O)([O-])ON=C(Cc1cc2ccccc2[nH]1)SC1OC(CO)C(O)C(O)C1O.[K+]. The first-order valence-corrected chi connectivity index (χ1v) is 10.6. The largest absolute Gasteiger partial charge is 1.00 e. The molecule has 1 aliphatic heterocycles. The summed E-state index contributed by atoms with van der Waals surface area (Å²) in [5.74, 6) is 0. The summed E-state index contributed by atoms with van der Waals surface area (Å²) in [6.07, 6.45) is -5.89. The van der Waals surface area contributed by atoms with Crippen molar-refractivity contribution in [3.63, 3.8) is 0 Å². The van der Waals surface area contributed by atoms with Gasteiger partial charge in [0.2, 0.25) is 0 Å². The molecule has 0 amide bonds. The third-order valence-corrected chi connectivity index (χ3v) is 5.63. The molecule has 0 bridgehead atoms. The third kappa shape index (κ3) is 6.71. The van der Waals surface area contributed by atoms with Crippen LogP contribution in [-0.2, 0) is 25.8 Å². The maximum atomic E-state index is 10.8. The molecule has 2 aromatic rings. The second-order valence-corrected chi connectivity index (χ2v) is 8.48. The Bertz CT molecular complexity index is 949. The Morgan fingerprint density at radius 1 is 1.23 bits per heavy atom. The first kappa shape index (κ1) is 26.2. The van der Waals surface area contributed by atoms with Gasteiger partial charge >= 0.3 is 51.4 Å². The minimum absolute atomic E-state index is 0. The van der Waals surface area contributed by atoms with Crippen LogP contribution in [0.2, 0.25) is 0 Å². The number of benzene rings is 1. The van der Waals surface area contributed by atoms with Crippen molar-refractivity contribution in [1.29, 1.82) is 0 Å². The number of thioether (sulfide) groups is 1. The molecule has 14 heteroatoms. The van der Waals surface area contributed by atoms with Gasteiger partial charge in [-0.3, -0.25) is 4.28 Å². The predicted octanol–water partition coefficient (Wildman–Crippen LogP) is -3.96. The van der Waals surface area contributed by atoms with E-state index >= 15 is 0 Å². The fourth-order valence-corrected chi connectivity index (χ4v) is 4.19. The van der Waals surface area contributed by atoms with Crippen LogP contribution in [-0.4, -0.2) is 79.9 Å². The molecule has 5 unspecified atom stereocenters. The van der Waals surface area contributed by atoms with Crippen LogP contribution in [0.3, 0.4) is 0 Å². The number of aliphatic hydroxyl groups is 4. The van der Waals surface area contributed by atoms with Crippen molar-refractivity contribution in [1.82, 2.24) is 4.98 Å². The molecule has 0 aliphatic carbocycles. The van der Waals surface area contributed by atoms with Gasteiger partial charge in [-0.15, -0.1) is 0 Å². The van der Waals surface area contributed by atoms with E-state index in [0.29, 0.717) is 17.5 Å². The van der Waals surface area contributed by atoms with E-state index in [-0.39, 0.29) is 62.8 Å². The van der Waals surface area contributed by atoms with E-state index in [1.807, 2.05) is 24.3 Å². The molecule has 1 aromatic heterocycles. The standard InChI is InChI=1S/C16H20N2O9S2.K/c19-7-11-13(20)14(21)15(22)16(26-11)28-12(18-27-29(23,24)25)6-9-5-8-3-1-2-4-10(8)17-9;/h1-5,11,13-17,19-22H,6-7H2,(H,23,24,25);/q;+1/p-1. The number of oxime groups is 1. The van der Waals surface area contributed by atoms with Crippen LogP contribution in [0.5, 0.6) is 0 Å². The fraction of sp³-hybridized carbons (Fsp3) is 0.438. The molecule has 3 rings (SSSR count). The van der Waals surface area contributed by atoms with Crippen LogP contribution in [0.15, 0.2) is 35.5 Å². The fourth-order valence-electron chi connectivity index (χ4n) is 2.87. The summed E-state index contributed by atoms with van der Waals surface area (Å²) >= 11 is 0.691. The van der Waals surface area contributed by atoms with Crippen LogP contribution in [0, 0.1) is 0 Å². The molecule has 11 nitrogen and oxygen atoms in total. The van der Waals surface area contributed by atoms with E-state index in [2.05, 4.69) is 14.4 Å². The first-order valence-electron chi connectivity index (χ1n) is 8.43. The molecule has 5 N–H and O–H groups in total. The number of H-pyrrole nitrogens is 1. The maximum Gasteiger partial charge on any atom is 1.00 e. The zero-order chi connectivity index (χ0) is 21.2. The van der Waals surface area contributed by atoms with Crippen molar-refractivity contribution in [2.24, 2.45) is 5.16 Å². The van der Waals surface area contributed by atoms with Gasteiger partial charge in [0.1, 0.15) is 34.9 Å². The molecule has 5 atom stereocenters. The number of rotatable bonds is 6. The number of aliphatic hydroxyl groups excluding tert-OH is 4. The van der Waals surface area contributed by atoms with Gasteiger partial charge in [0, 0.05) is 17.6 Å². The zero-order valence-electron chi connectivity index (χ0n) is 15.8. The van der Waals surface area contributed by atoms with Crippen molar-refractivity contribution in [2.75, 3.05) is 6.61 Å². The van der Waals surface area contributed by atoms with Gasteiger partial charge in [0.05, 0.1) is 6.61 Å². The van der Waals surface area contributed by atoms with E-state index in [1.54, 1.807) is 6.07 Å². The molecular formula is C16H19KN2O9S2. The smallest absolute Gasteiger partial charge is 0.714 e. The van der Waals surface area contributed by atoms with E-state index in [9.17, 15) is 33.4 Å². The molecule has 1 saturated heterocycles. The van der Waals surface area contributed by atoms with Gasteiger partial charge in [-0.25, -0.2) is 0 Å². The second-order valence-electron chi connectivity index (χ2n) is 6.34. The van der Waals surface area contributed by atoms with Gasteiger partial charge in [0.25, 0.3) is 10.4 Å². The molecule has 0 radical (unpaired) electrons. The van der Waals surface area contributed by atoms with Crippen molar-refractivity contribution in [2.45, 2.75) is 36.3 Å². The summed E-state index contributed by atoms with van der Waals surface area (Å²) < 4.78 is 41.7. The van der Waals surface area contributed by atoms with E-state index in [4.69, 9.17) is 4.74 Å². The minimum atomic E-state index is -5.12. The predicted molar refractivity (Wildman–Crippen MR) is 102 cm³/mol. The topological polar surface area (TPSA) is 185 Å². The molecule has 2 heterocycles. The Balaban J connectivity index is 0.00000320. The van der Waals surface area contributed by atoms with Crippen molar-refractivity contribution in [3.05, 3.63) is 36.0 Å². The summed E-state index contributed by atoms with van der Waals surface area (Å²) in [7, 11) is -5.12. The number of aromatic amines is 1.